The van der Waals surface area contributed by atoms with Crippen LogP contribution in [-0.2, 0) is 11.2 Å². The van der Waals surface area contributed by atoms with Gasteiger partial charge in [-0.3, -0.25) is 10.1 Å². The molecular weight excluding hydrogens is 324 g/mol. The Kier molecular flexibility index (Phi) is 5.66. The second-order valence-corrected chi connectivity index (χ2v) is 6.15. The van der Waals surface area contributed by atoms with Gasteiger partial charge in [0.15, 0.2) is 0 Å². The summed E-state index contributed by atoms with van der Waals surface area (Å²) in [5.41, 5.74) is 2.74. The predicted octanol–water partition coefficient (Wildman–Crippen LogP) is 3.27. The van der Waals surface area contributed by atoms with Crippen LogP contribution in [-0.4, -0.2) is 23.2 Å². The molecule has 0 saturated carbocycles. The molecule has 0 unspecified atom stereocenters. The number of nitriles is 1. The Balaban J connectivity index is 2.27. The highest BCUT2D eigenvalue weighted by Crippen LogP contribution is 2.25. The van der Waals surface area contributed by atoms with E-state index in [0.717, 1.165) is 33.9 Å². The molecule has 1 aromatic heterocycles. The van der Waals surface area contributed by atoms with Gasteiger partial charge in [0.25, 0.3) is 5.91 Å². The van der Waals surface area contributed by atoms with Gasteiger partial charge in [-0.25, -0.2) is 0 Å². The van der Waals surface area contributed by atoms with Crippen molar-refractivity contribution in [1.82, 2.24) is 10.2 Å². The maximum Gasteiger partial charge on any atom is 0.268 e. The van der Waals surface area contributed by atoms with Crippen molar-refractivity contribution >= 4 is 28.5 Å². The summed E-state index contributed by atoms with van der Waals surface area (Å²) in [5, 5.41) is 21.0. The van der Waals surface area contributed by atoms with Crippen molar-refractivity contribution in [3.8, 4) is 11.8 Å². The maximum absolute atomic E-state index is 12.3. The van der Waals surface area contributed by atoms with E-state index in [9.17, 15) is 10.1 Å². The summed E-state index contributed by atoms with van der Waals surface area (Å²) in [5.74, 6) is 0.276. The summed E-state index contributed by atoms with van der Waals surface area (Å²) < 4.78 is 5.27. The minimum atomic E-state index is -0.496. The van der Waals surface area contributed by atoms with Crippen molar-refractivity contribution in [2.45, 2.75) is 27.2 Å². The van der Waals surface area contributed by atoms with Crippen LogP contribution in [0.3, 0.4) is 0 Å². The quantitative estimate of drug-likeness (QED) is 0.665. The Morgan fingerprint density at radius 3 is 2.71 bits per heavy atom. The number of aromatic nitrogens is 2. The number of methoxy groups -OCH3 is 1. The SMILES string of the molecule is CCc1nnc(NC(=O)/C(C#N)=C/c2ccc(OC)c(C)c2C)s1. The van der Waals surface area contributed by atoms with Gasteiger partial charge in [0.2, 0.25) is 5.13 Å². The number of hydrogen-bond donors (Lipinski definition) is 1. The number of carbonyl (C=O) groups excluding carboxylic acids is 1. The second-order valence-electron chi connectivity index (χ2n) is 5.09. The molecule has 0 spiro atoms. The van der Waals surface area contributed by atoms with Gasteiger partial charge in [0.1, 0.15) is 22.4 Å². The van der Waals surface area contributed by atoms with Gasteiger partial charge in [-0.15, -0.1) is 10.2 Å². The van der Waals surface area contributed by atoms with Crippen LogP contribution in [0, 0.1) is 25.2 Å². The average Bonchev–Trinajstić information content (AvgIpc) is 3.03. The Hall–Kier alpha value is -2.72. The summed E-state index contributed by atoms with van der Waals surface area (Å²) in [4.78, 5) is 12.3. The lowest BCUT2D eigenvalue weighted by atomic mass is 10.0. The molecule has 0 fully saturated rings. The van der Waals surface area contributed by atoms with Crippen molar-refractivity contribution in [3.05, 3.63) is 39.4 Å². The number of nitrogens with zero attached hydrogens (tertiary/aromatic N) is 3. The standard InChI is InChI=1S/C17H18N4O2S/c1-5-15-20-21-17(24-15)19-16(22)13(9-18)8-12-6-7-14(23-4)11(3)10(12)2/h6-8H,5H2,1-4H3,(H,19,21,22)/b13-8+. The zero-order valence-corrected chi connectivity index (χ0v) is 14.8. The van der Waals surface area contributed by atoms with Gasteiger partial charge >= 0.3 is 0 Å². The molecule has 24 heavy (non-hydrogen) atoms. The Bertz CT molecular complexity index is 834. The van der Waals surface area contributed by atoms with E-state index < -0.39 is 5.91 Å². The molecule has 0 aliphatic heterocycles. The van der Waals surface area contributed by atoms with Crippen LogP contribution in [0.25, 0.3) is 6.08 Å². The summed E-state index contributed by atoms with van der Waals surface area (Å²) in [6, 6.07) is 5.59. The van der Waals surface area contributed by atoms with E-state index >= 15 is 0 Å². The summed E-state index contributed by atoms with van der Waals surface area (Å²) in [7, 11) is 1.61. The molecule has 2 rings (SSSR count). The van der Waals surface area contributed by atoms with E-state index in [1.807, 2.05) is 39.0 Å². The van der Waals surface area contributed by atoms with Crippen LogP contribution in [0.4, 0.5) is 5.13 Å². The number of anilines is 1. The van der Waals surface area contributed by atoms with Crippen LogP contribution in [0.5, 0.6) is 5.75 Å². The lowest BCUT2D eigenvalue weighted by molar-refractivity contribution is -0.112. The zero-order chi connectivity index (χ0) is 17.7. The van der Waals surface area contributed by atoms with Crippen LogP contribution < -0.4 is 10.1 Å². The molecule has 6 nitrogen and oxygen atoms in total. The topological polar surface area (TPSA) is 87.9 Å². The molecular formula is C17H18N4O2S. The lowest BCUT2D eigenvalue weighted by Gasteiger charge is -2.10. The van der Waals surface area contributed by atoms with Crippen molar-refractivity contribution < 1.29 is 9.53 Å². The fourth-order valence-corrected chi connectivity index (χ4v) is 2.78. The van der Waals surface area contributed by atoms with Crippen molar-refractivity contribution in [3.63, 3.8) is 0 Å². The predicted molar refractivity (Wildman–Crippen MR) is 94.0 cm³/mol. The Labute approximate surface area is 144 Å². The number of amides is 1. The molecule has 0 aliphatic rings. The number of benzene rings is 1. The maximum atomic E-state index is 12.3. The third-order valence-corrected chi connectivity index (χ3v) is 4.64. The first-order chi connectivity index (χ1) is 11.5. The Morgan fingerprint density at radius 1 is 1.38 bits per heavy atom. The van der Waals surface area contributed by atoms with E-state index in [-0.39, 0.29) is 5.57 Å². The highest BCUT2D eigenvalue weighted by atomic mass is 32.1. The summed E-state index contributed by atoms with van der Waals surface area (Å²) in [6.45, 7) is 5.82. The van der Waals surface area contributed by atoms with Crippen LogP contribution in [0.2, 0.25) is 0 Å². The molecule has 1 amide bonds. The van der Waals surface area contributed by atoms with E-state index in [0.29, 0.717) is 5.13 Å². The normalized spacial score (nSPS) is 11.0. The number of nitrogens with one attached hydrogen (secondary N) is 1. The average molecular weight is 342 g/mol. The number of hydrogen-bond acceptors (Lipinski definition) is 6. The smallest absolute Gasteiger partial charge is 0.268 e. The first kappa shape index (κ1) is 17.6. The molecule has 1 N–H and O–H groups in total. The first-order valence-corrected chi connectivity index (χ1v) is 8.21. The van der Waals surface area contributed by atoms with E-state index in [4.69, 9.17) is 4.74 Å². The minimum absolute atomic E-state index is 0.0101. The second kappa shape index (κ2) is 7.70. The van der Waals surface area contributed by atoms with Gasteiger partial charge in [-0.2, -0.15) is 5.26 Å². The summed E-state index contributed by atoms with van der Waals surface area (Å²) >= 11 is 1.30. The van der Waals surface area contributed by atoms with E-state index in [2.05, 4.69) is 15.5 Å². The van der Waals surface area contributed by atoms with Crippen LogP contribution in [0.15, 0.2) is 17.7 Å². The fourth-order valence-electron chi connectivity index (χ4n) is 2.11. The summed E-state index contributed by atoms with van der Waals surface area (Å²) in [6.07, 6.45) is 2.32. The molecule has 1 aromatic carbocycles. The molecule has 0 aliphatic carbocycles. The molecule has 124 valence electrons. The van der Waals surface area contributed by atoms with Crippen molar-refractivity contribution in [1.29, 1.82) is 5.26 Å². The molecule has 0 atom stereocenters. The minimum Gasteiger partial charge on any atom is -0.496 e. The van der Waals surface area contributed by atoms with Gasteiger partial charge in [0.05, 0.1) is 7.11 Å². The molecule has 0 radical (unpaired) electrons. The molecule has 7 heteroatoms. The van der Waals surface area contributed by atoms with Crippen molar-refractivity contribution in [2.24, 2.45) is 0 Å². The zero-order valence-electron chi connectivity index (χ0n) is 14.0. The molecule has 1 heterocycles. The third kappa shape index (κ3) is 3.78. The van der Waals surface area contributed by atoms with Crippen LogP contribution in [0.1, 0.15) is 28.6 Å². The van der Waals surface area contributed by atoms with Gasteiger partial charge < -0.3 is 4.74 Å². The number of carbonyl (C=O) groups is 1. The molecule has 0 saturated heterocycles. The highest BCUT2D eigenvalue weighted by molar-refractivity contribution is 7.15. The third-order valence-electron chi connectivity index (χ3n) is 3.65. The largest absolute Gasteiger partial charge is 0.496 e. The monoisotopic (exact) mass is 342 g/mol. The lowest BCUT2D eigenvalue weighted by Crippen LogP contribution is -2.13. The number of ether oxygens (including phenoxy) is 1. The number of aryl methyl sites for hydroxylation is 1. The van der Waals surface area contributed by atoms with Crippen molar-refractivity contribution in [2.75, 3.05) is 12.4 Å². The molecule has 0 bridgehead atoms. The first-order valence-electron chi connectivity index (χ1n) is 7.39. The highest BCUT2D eigenvalue weighted by Gasteiger charge is 2.14. The van der Waals surface area contributed by atoms with E-state index in [1.54, 1.807) is 13.2 Å². The number of rotatable bonds is 5. The van der Waals surface area contributed by atoms with E-state index in [1.165, 1.54) is 11.3 Å². The van der Waals surface area contributed by atoms with Gasteiger partial charge in [0, 0.05) is 0 Å². The molecule has 2 aromatic rings. The van der Waals surface area contributed by atoms with Gasteiger partial charge in [-0.1, -0.05) is 24.3 Å². The van der Waals surface area contributed by atoms with Gasteiger partial charge in [-0.05, 0) is 49.1 Å². The Morgan fingerprint density at radius 2 is 2.12 bits per heavy atom. The van der Waals surface area contributed by atoms with Crippen LogP contribution >= 0.6 is 11.3 Å². The fraction of sp³-hybridized carbons (Fsp3) is 0.294.